The van der Waals surface area contributed by atoms with Crippen LogP contribution in [0.4, 0.5) is 0 Å². The van der Waals surface area contributed by atoms with Gasteiger partial charge in [-0.1, -0.05) is 12.2 Å². The van der Waals surface area contributed by atoms with Gasteiger partial charge in [-0.15, -0.1) is 0 Å². The van der Waals surface area contributed by atoms with Gasteiger partial charge < -0.3 is 21.3 Å². The molecule has 0 radical (unpaired) electrons. The lowest BCUT2D eigenvalue weighted by Crippen LogP contribution is -2.44. The fraction of sp³-hybridized carbons (Fsp3) is 0.700. The molecule has 1 aliphatic carbocycles. The first-order chi connectivity index (χ1) is 6.94. The van der Waals surface area contributed by atoms with Gasteiger partial charge >= 0.3 is 0 Å². The van der Waals surface area contributed by atoms with E-state index in [0.717, 1.165) is 0 Å². The third kappa shape index (κ3) is 3.62. The first-order valence-electron chi connectivity index (χ1n) is 4.99. The van der Waals surface area contributed by atoms with Crippen LogP contribution in [0.5, 0.6) is 0 Å². The monoisotopic (exact) mass is 214 g/mol. The molecule has 15 heavy (non-hydrogen) atoms. The topological polar surface area (TPSA) is 95.6 Å². The van der Waals surface area contributed by atoms with E-state index in [2.05, 4.69) is 5.32 Å². The van der Waals surface area contributed by atoms with Gasteiger partial charge in [0.15, 0.2) is 0 Å². The van der Waals surface area contributed by atoms with Crippen LogP contribution < -0.4 is 11.1 Å². The number of carbonyl (C=O) groups is 1. The molecule has 1 amide bonds. The summed E-state index contributed by atoms with van der Waals surface area (Å²) in [5.74, 6) is -0.373. The van der Waals surface area contributed by atoms with E-state index in [-0.39, 0.29) is 31.0 Å². The van der Waals surface area contributed by atoms with Crippen molar-refractivity contribution in [2.45, 2.75) is 25.0 Å². The number of aliphatic hydroxyl groups is 2. The lowest BCUT2D eigenvalue weighted by molar-refractivity contribution is -0.125. The molecule has 3 atom stereocenters. The molecule has 0 aromatic rings. The second-order valence-corrected chi connectivity index (χ2v) is 4.26. The summed E-state index contributed by atoms with van der Waals surface area (Å²) in [5, 5.41) is 20.8. The molecule has 5 N–H and O–H groups in total. The Kier molecular flexibility index (Phi) is 3.84. The summed E-state index contributed by atoms with van der Waals surface area (Å²) in [6.45, 7) is 1.12. The third-order valence-corrected chi connectivity index (χ3v) is 2.44. The van der Waals surface area contributed by atoms with Crippen LogP contribution in [0, 0.1) is 5.92 Å². The molecule has 0 aromatic heterocycles. The van der Waals surface area contributed by atoms with Crippen LogP contribution in [0.1, 0.15) is 13.3 Å². The maximum absolute atomic E-state index is 11.5. The second-order valence-electron chi connectivity index (χ2n) is 4.26. The first kappa shape index (κ1) is 12.2. The Bertz CT molecular complexity index is 263. The number of amides is 1. The Morgan fingerprint density at radius 1 is 1.67 bits per heavy atom. The maximum Gasteiger partial charge on any atom is 0.227 e. The van der Waals surface area contributed by atoms with Gasteiger partial charge in [0.2, 0.25) is 5.91 Å². The van der Waals surface area contributed by atoms with Gasteiger partial charge in [0.25, 0.3) is 0 Å². The van der Waals surface area contributed by atoms with Crippen molar-refractivity contribution < 1.29 is 15.0 Å². The summed E-state index contributed by atoms with van der Waals surface area (Å²) in [6, 6.07) is -0.0564. The van der Waals surface area contributed by atoms with E-state index in [4.69, 9.17) is 10.8 Å². The van der Waals surface area contributed by atoms with Gasteiger partial charge in [0, 0.05) is 12.6 Å². The highest BCUT2D eigenvalue weighted by molar-refractivity contribution is 5.81. The first-order valence-corrected chi connectivity index (χ1v) is 4.99. The molecule has 5 nitrogen and oxygen atoms in total. The van der Waals surface area contributed by atoms with Crippen LogP contribution in [0.25, 0.3) is 0 Å². The van der Waals surface area contributed by atoms with Crippen molar-refractivity contribution in [2.75, 3.05) is 13.2 Å². The van der Waals surface area contributed by atoms with Crippen LogP contribution in [-0.2, 0) is 4.79 Å². The Labute approximate surface area is 89.0 Å². The van der Waals surface area contributed by atoms with E-state index in [9.17, 15) is 9.90 Å². The third-order valence-electron chi connectivity index (χ3n) is 2.44. The number of hydrogen-bond donors (Lipinski definition) is 4. The minimum absolute atomic E-state index is 0.0436. The molecule has 3 unspecified atom stereocenters. The standard InChI is InChI=1S/C10H18N2O3/c1-10(15,6-13)5-12-9(14)7-2-3-8(11)4-7/h2-3,7-8,13,15H,4-6,11H2,1H3,(H,12,14). The fourth-order valence-corrected chi connectivity index (χ4v) is 1.39. The lowest BCUT2D eigenvalue weighted by atomic mass is 10.1. The molecular formula is C10H18N2O3. The zero-order valence-electron chi connectivity index (χ0n) is 8.81. The normalized spacial score (nSPS) is 28.8. The number of hydrogen-bond acceptors (Lipinski definition) is 4. The predicted molar refractivity (Wildman–Crippen MR) is 55.9 cm³/mol. The highest BCUT2D eigenvalue weighted by Gasteiger charge is 2.25. The molecule has 0 saturated heterocycles. The molecule has 0 aliphatic heterocycles. The van der Waals surface area contributed by atoms with Gasteiger partial charge in [-0.2, -0.15) is 0 Å². The molecule has 0 saturated carbocycles. The predicted octanol–water partition coefficient (Wildman–Crippen LogP) is -1.25. The molecule has 0 spiro atoms. The summed E-state index contributed by atoms with van der Waals surface area (Å²) in [5.41, 5.74) is 4.35. The number of nitrogens with one attached hydrogen (secondary N) is 1. The summed E-state index contributed by atoms with van der Waals surface area (Å²) >= 11 is 0. The van der Waals surface area contributed by atoms with Gasteiger partial charge in [0.05, 0.1) is 12.5 Å². The van der Waals surface area contributed by atoms with E-state index in [1.165, 1.54) is 6.92 Å². The van der Waals surface area contributed by atoms with Crippen molar-refractivity contribution in [3.63, 3.8) is 0 Å². The average molecular weight is 214 g/mol. The van der Waals surface area contributed by atoms with E-state index < -0.39 is 5.60 Å². The van der Waals surface area contributed by atoms with Crippen molar-refractivity contribution in [1.29, 1.82) is 0 Å². The van der Waals surface area contributed by atoms with Gasteiger partial charge in [-0.25, -0.2) is 0 Å². The van der Waals surface area contributed by atoms with Crippen LogP contribution in [-0.4, -0.2) is 40.9 Å². The van der Waals surface area contributed by atoms with Crippen LogP contribution >= 0.6 is 0 Å². The average Bonchev–Trinajstić information content (AvgIpc) is 2.61. The summed E-state index contributed by atoms with van der Waals surface area (Å²) in [6.07, 6.45) is 4.18. The molecule has 0 bridgehead atoms. The van der Waals surface area contributed by atoms with E-state index in [0.29, 0.717) is 6.42 Å². The molecule has 5 heteroatoms. The van der Waals surface area contributed by atoms with E-state index in [1.807, 2.05) is 0 Å². The minimum atomic E-state index is -1.26. The SMILES string of the molecule is CC(O)(CO)CNC(=O)C1C=CC(N)C1. The Morgan fingerprint density at radius 2 is 2.33 bits per heavy atom. The molecule has 86 valence electrons. The minimum Gasteiger partial charge on any atom is -0.393 e. The molecule has 0 heterocycles. The van der Waals surface area contributed by atoms with Crippen molar-refractivity contribution in [3.05, 3.63) is 12.2 Å². The molecule has 0 fully saturated rings. The van der Waals surface area contributed by atoms with Crippen LogP contribution in [0.15, 0.2) is 12.2 Å². The van der Waals surface area contributed by atoms with Crippen molar-refractivity contribution in [1.82, 2.24) is 5.32 Å². The fourth-order valence-electron chi connectivity index (χ4n) is 1.39. The molecule has 0 aromatic carbocycles. The largest absolute Gasteiger partial charge is 0.393 e. The Hall–Kier alpha value is -0.910. The Balaban J connectivity index is 2.34. The van der Waals surface area contributed by atoms with E-state index in [1.54, 1.807) is 12.2 Å². The summed E-state index contributed by atoms with van der Waals surface area (Å²) < 4.78 is 0. The molecular weight excluding hydrogens is 196 g/mol. The highest BCUT2D eigenvalue weighted by Crippen LogP contribution is 2.16. The van der Waals surface area contributed by atoms with Gasteiger partial charge in [-0.05, 0) is 13.3 Å². The number of carbonyl (C=O) groups excluding carboxylic acids is 1. The van der Waals surface area contributed by atoms with Crippen molar-refractivity contribution in [3.8, 4) is 0 Å². The second kappa shape index (κ2) is 4.74. The quantitative estimate of drug-likeness (QED) is 0.440. The summed E-state index contributed by atoms with van der Waals surface area (Å²) in [4.78, 5) is 11.5. The smallest absolute Gasteiger partial charge is 0.227 e. The zero-order chi connectivity index (χ0) is 11.5. The zero-order valence-corrected chi connectivity index (χ0v) is 8.81. The summed E-state index contributed by atoms with van der Waals surface area (Å²) in [7, 11) is 0. The highest BCUT2D eigenvalue weighted by atomic mass is 16.3. The molecule has 1 rings (SSSR count). The van der Waals surface area contributed by atoms with Crippen molar-refractivity contribution in [2.24, 2.45) is 11.7 Å². The maximum atomic E-state index is 11.5. The Morgan fingerprint density at radius 3 is 2.80 bits per heavy atom. The van der Waals surface area contributed by atoms with Gasteiger partial charge in [-0.3, -0.25) is 4.79 Å². The molecule has 1 aliphatic rings. The van der Waals surface area contributed by atoms with Crippen molar-refractivity contribution >= 4 is 5.91 Å². The van der Waals surface area contributed by atoms with Crippen LogP contribution in [0.3, 0.4) is 0 Å². The number of aliphatic hydroxyl groups excluding tert-OH is 1. The van der Waals surface area contributed by atoms with Crippen LogP contribution in [0.2, 0.25) is 0 Å². The number of rotatable bonds is 4. The lowest BCUT2D eigenvalue weighted by Gasteiger charge is -2.21. The van der Waals surface area contributed by atoms with E-state index >= 15 is 0 Å². The van der Waals surface area contributed by atoms with Gasteiger partial charge in [0.1, 0.15) is 5.60 Å². The number of nitrogens with two attached hydrogens (primary N) is 1.